The Bertz CT molecular complexity index is 476. The maximum absolute atomic E-state index is 12.2. The lowest BCUT2D eigenvalue weighted by molar-refractivity contribution is 0.00586. The lowest BCUT2D eigenvalue weighted by Crippen LogP contribution is -2.53. The molecule has 0 bridgehead atoms. The molecule has 0 atom stereocenters. The Morgan fingerprint density at radius 2 is 1.95 bits per heavy atom. The quantitative estimate of drug-likeness (QED) is 0.920. The smallest absolute Gasteiger partial charge is 0.254 e. The number of likely N-dealkylation sites (tertiary alicyclic amines) is 1. The Hall–Kier alpha value is -1.55. The molecule has 0 aromatic heterocycles. The largest absolute Gasteiger partial charge is 0.490 e. The fraction of sp³-hybridized carbons (Fsp3) is 0.562. The Morgan fingerprint density at radius 1 is 1.20 bits per heavy atom. The third-order valence-corrected chi connectivity index (χ3v) is 4.09. The average Bonchev–Trinajstić information content (AvgIpc) is 2.45. The molecular formula is C16H21NO3. The van der Waals surface area contributed by atoms with Crippen molar-refractivity contribution in [2.75, 3.05) is 13.1 Å². The van der Waals surface area contributed by atoms with Gasteiger partial charge in [-0.2, -0.15) is 0 Å². The number of nitrogens with zero attached hydrogens (tertiary/aromatic N) is 1. The SMILES string of the molecule is O=C(c1cccc(OC2CCCCC2)c1)N1CC(O)C1. The van der Waals surface area contributed by atoms with E-state index in [9.17, 15) is 9.90 Å². The van der Waals surface area contributed by atoms with Gasteiger partial charge in [0.1, 0.15) is 5.75 Å². The molecule has 20 heavy (non-hydrogen) atoms. The van der Waals surface area contributed by atoms with Crippen LogP contribution >= 0.6 is 0 Å². The van der Waals surface area contributed by atoms with Gasteiger partial charge < -0.3 is 14.7 Å². The standard InChI is InChI=1S/C16H21NO3/c18-13-10-17(11-13)16(19)12-5-4-8-15(9-12)20-14-6-2-1-3-7-14/h4-5,8-9,13-14,18H,1-3,6-7,10-11H2. The second kappa shape index (κ2) is 5.83. The molecule has 3 rings (SSSR count). The number of aliphatic hydroxyl groups excluding tert-OH is 1. The summed E-state index contributed by atoms with van der Waals surface area (Å²) in [5, 5.41) is 9.27. The van der Waals surface area contributed by atoms with Gasteiger partial charge in [0.2, 0.25) is 0 Å². The first-order chi connectivity index (χ1) is 9.72. The van der Waals surface area contributed by atoms with Crippen molar-refractivity contribution in [3.05, 3.63) is 29.8 Å². The summed E-state index contributed by atoms with van der Waals surface area (Å²) < 4.78 is 5.98. The Balaban J connectivity index is 1.64. The topological polar surface area (TPSA) is 49.8 Å². The monoisotopic (exact) mass is 275 g/mol. The Labute approximate surface area is 119 Å². The minimum absolute atomic E-state index is 0.0237. The van der Waals surface area contributed by atoms with Crippen LogP contribution in [-0.2, 0) is 0 Å². The number of carbonyl (C=O) groups is 1. The second-order valence-corrected chi connectivity index (χ2v) is 5.77. The van der Waals surface area contributed by atoms with Crippen molar-refractivity contribution in [1.29, 1.82) is 0 Å². The van der Waals surface area contributed by atoms with Crippen molar-refractivity contribution in [3.8, 4) is 5.75 Å². The van der Waals surface area contributed by atoms with Gasteiger partial charge in [-0.15, -0.1) is 0 Å². The van der Waals surface area contributed by atoms with E-state index in [-0.39, 0.29) is 12.0 Å². The molecule has 0 spiro atoms. The predicted octanol–water partition coefficient (Wildman–Crippen LogP) is 2.21. The predicted molar refractivity (Wildman–Crippen MR) is 75.9 cm³/mol. The summed E-state index contributed by atoms with van der Waals surface area (Å²) in [6, 6.07) is 7.40. The molecule has 2 aliphatic rings. The van der Waals surface area contributed by atoms with E-state index in [2.05, 4.69) is 0 Å². The molecular weight excluding hydrogens is 254 g/mol. The van der Waals surface area contributed by atoms with E-state index in [0.29, 0.717) is 24.8 Å². The molecule has 1 saturated carbocycles. The van der Waals surface area contributed by atoms with Gasteiger partial charge in [-0.25, -0.2) is 0 Å². The summed E-state index contributed by atoms with van der Waals surface area (Å²) in [6.07, 6.45) is 5.91. The fourth-order valence-electron chi connectivity index (χ4n) is 2.88. The normalized spacial score (nSPS) is 20.6. The van der Waals surface area contributed by atoms with Crippen molar-refractivity contribution in [2.45, 2.75) is 44.3 Å². The maximum Gasteiger partial charge on any atom is 0.254 e. The highest BCUT2D eigenvalue weighted by atomic mass is 16.5. The minimum atomic E-state index is -0.361. The van der Waals surface area contributed by atoms with Crippen LogP contribution in [0.25, 0.3) is 0 Å². The Morgan fingerprint density at radius 3 is 2.65 bits per heavy atom. The highest BCUT2D eigenvalue weighted by molar-refractivity contribution is 5.95. The number of carbonyl (C=O) groups excluding carboxylic acids is 1. The number of hydrogen-bond acceptors (Lipinski definition) is 3. The van der Waals surface area contributed by atoms with Crippen LogP contribution in [0.3, 0.4) is 0 Å². The third kappa shape index (κ3) is 2.96. The lowest BCUT2D eigenvalue weighted by atomic mass is 9.98. The maximum atomic E-state index is 12.2. The van der Waals surface area contributed by atoms with Crippen LogP contribution in [0.15, 0.2) is 24.3 Å². The van der Waals surface area contributed by atoms with Gasteiger partial charge in [0.05, 0.1) is 12.2 Å². The van der Waals surface area contributed by atoms with Crippen LogP contribution in [0.2, 0.25) is 0 Å². The number of β-amino-alcohol motifs (C(OH)–C–C–N with tert-alkyl or cyclic N) is 1. The van der Waals surface area contributed by atoms with Crippen LogP contribution in [0, 0.1) is 0 Å². The van der Waals surface area contributed by atoms with E-state index < -0.39 is 0 Å². The summed E-state index contributed by atoms with van der Waals surface area (Å²) in [6.45, 7) is 0.874. The van der Waals surface area contributed by atoms with E-state index in [0.717, 1.165) is 18.6 Å². The molecule has 4 heteroatoms. The van der Waals surface area contributed by atoms with E-state index in [1.54, 1.807) is 11.0 Å². The van der Waals surface area contributed by atoms with Crippen LogP contribution in [0.5, 0.6) is 5.75 Å². The van der Waals surface area contributed by atoms with Gasteiger partial charge in [0.25, 0.3) is 5.91 Å². The molecule has 1 heterocycles. The van der Waals surface area contributed by atoms with Crippen molar-refractivity contribution in [3.63, 3.8) is 0 Å². The molecule has 108 valence electrons. The first-order valence-electron chi connectivity index (χ1n) is 7.46. The molecule has 1 aromatic rings. The summed E-state index contributed by atoms with van der Waals surface area (Å²) in [5.74, 6) is 0.758. The summed E-state index contributed by atoms with van der Waals surface area (Å²) >= 11 is 0. The van der Waals surface area contributed by atoms with Crippen LogP contribution in [0.4, 0.5) is 0 Å². The van der Waals surface area contributed by atoms with E-state index in [1.807, 2.05) is 18.2 Å². The number of amides is 1. The zero-order valence-corrected chi connectivity index (χ0v) is 11.6. The molecule has 2 fully saturated rings. The van der Waals surface area contributed by atoms with Gasteiger partial charge >= 0.3 is 0 Å². The van der Waals surface area contributed by atoms with Gasteiger partial charge in [-0.1, -0.05) is 12.5 Å². The first-order valence-corrected chi connectivity index (χ1v) is 7.46. The second-order valence-electron chi connectivity index (χ2n) is 5.77. The van der Waals surface area contributed by atoms with Gasteiger partial charge in [-0.3, -0.25) is 4.79 Å². The first kappa shape index (κ1) is 13.4. The zero-order chi connectivity index (χ0) is 13.9. The lowest BCUT2D eigenvalue weighted by Gasteiger charge is -2.35. The van der Waals surface area contributed by atoms with Crippen LogP contribution in [-0.4, -0.2) is 41.2 Å². The summed E-state index contributed by atoms with van der Waals surface area (Å²) in [5.41, 5.74) is 0.644. The molecule has 1 aliphatic heterocycles. The van der Waals surface area contributed by atoms with Crippen molar-refractivity contribution < 1.29 is 14.6 Å². The van der Waals surface area contributed by atoms with E-state index in [1.165, 1.54) is 19.3 Å². The summed E-state index contributed by atoms with van der Waals surface area (Å²) in [4.78, 5) is 13.8. The van der Waals surface area contributed by atoms with Crippen LogP contribution < -0.4 is 4.74 Å². The third-order valence-electron chi connectivity index (χ3n) is 4.09. The molecule has 0 radical (unpaired) electrons. The molecule has 0 unspecified atom stereocenters. The average molecular weight is 275 g/mol. The van der Waals surface area contributed by atoms with Gasteiger partial charge in [0.15, 0.2) is 0 Å². The fourth-order valence-corrected chi connectivity index (χ4v) is 2.88. The van der Waals surface area contributed by atoms with Gasteiger partial charge in [-0.05, 0) is 43.9 Å². The highest BCUT2D eigenvalue weighted by Gasteiger charge is 2.29. The number of ether oxygens (including phenoxy) is 1. The van der Waals surface area contributed by atoms with E-state index in [4.69, 9.17) is 4.74 Å². The number of benzene rings is 1. The van der Waals surface area contributed by atoms with Crippen molar-refractivity contribution in [1.82, 2.24) is 4.90 Å². The molecule has 4 nitrogen and oxygen atoms in total. The Kier molecular flexibility index (Phi) is 3.92. The summed E-state index contributed by atoms with van der Waals surface area (Å²) in [7, 11) is 0. The van der Waals surface area contributed by atoms with Crippen molar-refractivity contribution >= 4 is 5.91 Å². The van der Waals surface area contributed by atoms with Crippen LogP contribution in [0.1, 0.15) is 42.5 Å². The molecule has 1 aliphatic carbocycles. The van der Waals surface area contributed by atoms with E-state index >= 15 is 0 Å². The zero-order valence-electron chi connectivity index (χ0n) is 11.6. The highest BCUT2D eigenvalue weighted by Crippen LogP contribution is 2.24. The van der Waals surface area contributed by atoms with Gasteiger partial charge in [0, 0.05) is 18.7 Å². The molecule has 1 N–H and O–H groups in total. The number of rotatable bonds is 3. The molecule has 1 saturated heterocycles. The number of hydrogen-bond donors (Lipinski definition) is 1. The van der Waals surface area contributed by atoms with Crippen molar-refractivity contribution in [2.24, 2.45) is 0 Å². The minimum Gasteiger partial charge on any atom is -0.490 e. The molecule has 1 amide bonds. The molecule has 1 aromatic carbocycles. The number of aliphatic hydroxyl groups is 1.